The number of carbonyl (C=O) groups is 2. The van der Waals surface area contributed by atoms with Crippen molar-refractivity contribution in [2.75, 3.05) is 0 Å². The topological polar surface area (TPSA) is 34.1 Å². The molecule has 0 spiro atoms. The Balaban J connectivity index is 1.71. The van der Waals surface area contributed by atoms with Crippen molar-refractivity contribution in [2.24, 2.45) is 0 Å². The minimum atomic E-state index is -0.852. The summed E-state index contributed by atoms with van der Waals surface area (Å²) >= 11 is 0. The predicted octanol–water partition coefficient (Wildman–Crippen LogP) is 6.58. The molecule has 0 amide bonds. The van der Waals surface area contributed by atoms with Crippen LogP contribution in [-0.2, 0) is 5.41 Å². The molecule has 7 rings (SSSR count). The molecular formula is C32H22O2. The van der Waals surface area contributed by atoms with Gasteiger partial charge < -0.3 is 0 Å². The van der Waals surface area contributed by atoms with Gasteiger partial charge in [0.25, 0.3) is 0 Å². The van der Waals surface area contributed by atoms with E-state index in [1.807, 2.05) is 56.3 Å². The number of carbonyl (C=O) groups excluding carboxylic acids is 2. The minimum Gasteiger partial charge on any atom is -0.293 e. The molecule has 0 saturated heterocycles. The molecule has 0 radical (unpaired) electrons. The first-order valence-corrected chi connectivity index (χ1v) is 11.7. The zero-order valence-corrected chi connectivity index (χ0v) is 19.1. The molecule has 0 heterocycles. The van der Waals surface area contributed by atoms with E-state index in [1.54, 1.807) is 0 Å². The van der Waals surface area contributed by atoms with E-state index in [9.17, 15) is 9.59 Å². The fourth-order valence-electron chi connectivity index (χ4n) is 6.61. The number of hydrogen-bond acceptors (Lipinski definition) is 2. The van der Waals surface area contributed by atoms with Gasteiger partial charge in [0, 0.05) is 16.7 Å². The van der Waals surface area contributed by atoms with Crippen LogP contribution in [-0.4, -0.2) is 11.6 Å². The predicted molar refractivity (Wildman–Crippen MR) is 133 cm³/mol. The average molecular weight is 439 g/mol. The first-order valence-electron chi connectivity index (χ1n) is 11.7. The van der Waals surface area contributed by atoms with Crippen molar-refractivity contribution in [3.05, 3.63) is 147 Å². The molecule has 3 aliphatic rings. The van der Waals surface area contributed by atoms with Crippen molar-refractivity contribution in [2.45, 2.75) is 25.2 Å². The zero-order valence-electron chi connectivity index (χ0n) is 19.1. The minimum absolute atomic E-state index is 0.0401. The van der Waals surface area contributed by atoms with Crippen LogP contribution in [0, 0.1) is 13.8 Å². The molecule has 4 aromatic carbocycles. The van der Waals surface area contributed by atoms with E-state index in [4.69, 9.17) is 0 Å². The summed E-state index contributed by atoms with van der Waals surface area (Å²) < 4.78 is 0. The molecule has 0 fully saturated rings. The van der Waals surface area contributed by atoms with Gasteiger partial charge in [-0.25, -0.2) is 0 Å². The zero-order chi connectivity index (χ0) is 23.2. The number of ketones is 2. The first-order chi connectivity index (χ1) is 16.5. The average Bonchev–Trinajstić information content (AvgIpc) is 3.29. The van der Waals surface area contributed by atoms with Gasteiger partial charge in [-0.1, -0.05) is 90.0 Å². The van der Waals surface area contributed by atoms with Crippen molar-refractivity contribution < 1.29 is 9.59 Å². The standard InChI is InChI=1S/C32H22O2/c1-18-12-14-22-24(16-18)30(33)29-27(22)21-10-6-7-11-23(21)28-31(34)25-17-19(2)13-15-26(25)32(28,29)20-8-4-3-5-9-20/h3-17,28H,1-2H3. The molecule has 2 atom stereocenters. The van der Waals surface area contributed by atoms with Crippen LogP contribution in [0.25, 0.3) is 5.57 Å². The summed E-state index contributed by atoms with van der Waals surface area (Å²) in [5.41, 5.74) is 9.38. The lowest BCUT2D eigenvalue weighted by Gasteiger charge is -2.42. The Hall–Kier alpha value is -4.04. The Morgan fingerprint density at radius 2 is 1.32 bits per heavy atom. The van der Waals surface area contributed by atoms with E-state index in [-0.39, 0.29) is 11.6 Å². The van der Waals surface area contributed by atoms with E-state index < -0.39 is 11.3 Å². The van der Waals surface area contributed by atoms with Crippen LogP contribution in [0.3, 0.4) is 0 Å². The third-order valence-electron chi connectivity index (χ3n) is 7.89. The van der Waals surface area contributed by atoms with Crippen molar-refractivity contribution in [1.29, 1.82) is 0 Å². The van der Waals surface area contributed by atoms with Crippen molar-refractivity contribution in [1.82, 2.24) is 0 Å². The maximum Gasteiger partial charge on any atom is 0.191 e. The van der Waals surface area contributed by atoms with E-state index in [1.165, 1.54) is 0 Å². The number of hydrogen-bond donors (Lipinski definition) is 0. The molecule has 0 bridgehead atoms. The van der Waals surface area contributed by atoms with E-state index in [0.29, 0.717) is 0 Å². The molecule has 2 unspecified atom stereocenters. The third kappa shape index (κ3) is 2.16. The summed E-state index contributed by atoms with van der Waals surface area (Å²) in [5, 5.41) is 0. The van der Waals surface area contributed by atoms with Crippen LogP contribution in [0.4, 0.5) is 0 Å². The van der Waals surface area contributed by atoms with Crippen LogP contribution in [0.2, 0.25) is 0 Å². The molecule has 0 aromatic heterocycles. The number of rotatable bonds is 1. The second kappa shape index (κ2) is 6.51. The van der Waals surface area contributed by atoms with Crippen LogP contribution >= 0.6 is 0 Å². The number of Topliss-reactive ketones (excluding diaryl/α,β-unsaturated/α-hetero) is 2. The highest BCUT2D eigenvalue weighted by Gasteiger charge is 2.62. The summed E-state index contributed by atoms with van der Waals surface area (Å²) in [7, 11) is 0. The SMILES string of the molecule is Cc1ccc2c(c1)C(=O)C1=C2c2ccccc2C2C(=O)c3cc(C)ccc3C12c1ccccc1. The maximum absolute atomic E-state index is 14.3. The van der Waals surface area contributed by atoms with Gasteiger partial charge >= 0.3 is 0 Å². The molecular weight excluding hydrogens is 416 g/mol. The summed E-state index contributed by atoms with van der Waals surface area (Å²) in [6.45, 7) is 4.04. The lowest BCUT2D eigenvalue weighted by molar-refractivity contribution is 0.0949. The molecule has 0 aliphatic heterocycles. The summed E-state index contributed by atoms with van der Waals surface area (Å²) in [6.07, 6.45) is 0. The number of aryl methyl sites for hydroxylation is 2. The highest BCUT2D eigenvalue weighted by molar-refractivity contribution is 6.28. The van der Waals surface area contributed by atoms with Crippen LogP contribution < -0.4 is 0 Å². The second-order valence-electron chi connectivity index (χ2n) is 9.74. The summed E-state index contributed by atoms with van der Waals surface area (Å²) in [5.74, 6) is -0.333. The molecule has 162 valence electrons. The third-order valence-corrected chi connectivity index (χ3v) is 7.89. The first kappa shape index (κ1) is 19.4. The van der Waals surface area contributed by atoms with Gasteiger partial charge in [-0.2, -0.15) is 0 Å². The number of benzene rings is 4. The van der Waals surface area contributed by atoms with Gasteiger partial charge in [0.05, 0.1) is 11.3 Å². The Bertz CT molecular complexity index is 1610. The van der Waals surface area contributed by atoms with Crippen LogP contribution in [0.1, 0.15) is 65.6 Å². The fourth-order valence-corrected chi connectivity index (χ4v) is 6.61. The molecule has 2 heteroatoms. The van der Waals surface area contributed by atoms with Gasteiger partial charge in [-0.05, 0) is 59.4 Å². The Labute approximate surface area is 198 Å². The quantitative estimate of drug-likeness (QED) is 0.336. The number of allylic oxidation sites excluding steroid dienone is 1. The fraction of sp³-hybridized carbons (Fsp3) is 0.125. The van der Waals surface area contributed by atoms with Gasteiger partial charge in [-0.3, -0.25) is 9.59 Å². The highest BCUT2D eigenvalue weighted by atomic mass is 16.1. The van der Waals surface area contributed by atoms with Gasteiger partial charge in [-0.15, -0.1) is 0 Å². The largest absolute Gasteiger partial charge is 0.293 e. The lowest BCUT2D eigenvalue weighted by Crippen LogP contribution is -2.40. The number of fused-ring (bicyclic) bond motifs is 9. The van der Waals surface area contributed by atoms with Crippen molar-refractivity contribution in [3.63, 3.8) is 0 Å². The smallest absolute Gasteiger partial charge is 0.191 e. The monoisotopic (exact) mass is 438 g/mol. The molecule has 0 saturated carbocycles. The molecule has 2 nitrogen and oxygen atoms in total. The second-order valence-corrected chi connectivity index (χ2v) is 9.74. The van der Waals surface area contributed by atoms with E-state index >= 15 is 0 Å². The van der Waals surface area contributed by atoms with Crippen LogP contribution in [0.5, 0.6) is 0 Å². The summed E-state index contributed by atoms with van der Waals surface area (Å²) in [4.78, 5) is 28.5. The Kier molecular flexibility index (Phi) is 3.72. The van der Waals surface area contributed by atoms with Gasteiger partial charge in [0.1, 0.15) is 0 Å². The summed E-state index contributed by atoms with van der Waals surface area (Å²) in [6, 6.07) is 30.6. The van der Waals surface area contributed by atoms with E-state index in [0.717, 1.165) is 61.2 Å². The van der Waals surface area contributed by atoms with Crippen LogP contribution in [0.15, 0.2) is 96.6 Å². The van der Waals surface area contributed by atoms with Gasteiger partial charge in [0.15, 0.2) is 11.6 Å². The molecule has 4 aromatic rings. The molecule has 0 N–H and O–H groups in total. The molecule has 34 heavy (non-hydrogen) atoms. The Morgan fingerprint density at radius 3 is 2.12 bits per heavy atom. The van der Waals surface area contributed by atoms with E-state index in [2.05, 4.69) is 48.5 Å². The maximum atomic E-state index is 14.3. The van der Waals surface area contributed by atoms with Crippen molar-refractivity contribution in [3.8, 4) is 0 Å². The Morgan fingerprint density at radius 1 is 0.647 bits per heavy atom. The van der Waals surface area contributed by atoms with Gasteiger partial charge in [0.2, 0.25) is 0 Å². The molecule has 3 aliphatic carbocycles. The lowest BCUT2D eigenvalue weighted by atomic mass is 9.57. The highest BCUT2D eigenvalue weighted by Crippen LogP contribution is 2.64. The normalized spacial score (nSPS) is 21.6. The van der Waals surface area contributed by atoms with Crippen molar-refractivity contribution >= 4 is 17.1 Å².